The maximum Gasteiger partial charge on any atom is 0.140 e. The van der Waals surface area contributed by atoms with Crippen molar-refractivity contribution in [2.24, 2.45) is 5.73 Å². The van der Waals surface area contributed by atoms with Gasteiger partial charge in [-0.2, -0.15) is 0 Å². The third-order valence-corrected chi connectivity index (χ3v) is 1.64. The van der Waals surface area contributed by atoms with Crippen molar-refractivity contribution in [3.63, 3.8) is 0 Å². The Morgan fingerprint density at radius 2 is 2.17 bits per heavy atom. The van der Waals surface area contributed by atoms with E-state index in [4.69, 9.17) is 11.5 Å². The number of nitrogens with two attached hydrogens (primary N) is 2. The molecule has 0 aliphatic carbocycles. The fourth-order valence-electron chi connectivity index (χ4n) is 0.982. The second-order valence-electron chi connectivity index (χ2n) is 2.64. The molecule has 3 nitrogen and oxygen atoms in total. The summed E-state index contributed by atoms with van der Waals surface area (Å²) in [6.45, 7) is 1.92. The van der Waals surface area contributed by atoms with Crippen LogP contribution in [0.15, 0.2) is 24.4 Å². The number of aryl methyl sites for hydroxylation is 1. The maximum absolute atomic E-state index is 9.29. The van der Waals surface area contributed by atoms with E-state index in [1.807, 2.05) is 13.0 Å². The van der Waals surface area contributed by atoms with Crippen molar-refractivity contribution in [3.05, 3.63) is 35.5 Å². The van der Waals surface area contributed by atoms with Gasteiger partial charge < -0.3 is 16.6 Å². The summed E-state index contributed by atoms with van der Waals surface area (Å²) in [4.78, 5) is 0. The molecule has 0 unspecified atom stereocenters. The smallest absolute Gasteiger partial charge is 0.140 e. The van der Waals surface area contributed by atoms with Gasteiger partial charge in [0.1, 0.15) is 5.76 Å². The van der Waals surface area contributed by atoms with E-state index in [1.54, 1.807) is 12.1 Å². The minimum atomic E-state index is 0.0104. The molecular formula is C9H12N2O. The van der Waals surface area contributed by atoms with E-state index in [-0.39, 0.29) is 5.76 Å². The highest BCUT2D eigenvalue weighted by Gasteiger charge is 2.02. The van der Waals surface area contributed by atoms with E-state index in [2.05, 4.69) is 0 Å². The number of hydrogen-bond donors (Lipinski definition) is 3. The third-order valence-electron chi connectivity index (χ3n) is 1.64. The van der Waals surface area contributed by atoms with Crippen molar-refractivity contribution in [1.29, 1.82) is 0 Å². The summed E-state index contributed by atoms with van der Waals surface area (Å²) < 4.78 is 0. The summed E-state index contributed by atoms with van der Waals surface area (Å²) >= 11 is 0. The molecule has 0 aliphatic heterocycles. The van der Waals surface area contributed by atoms with Crippen molar-refractivity contribution >= 4 is 11.4 Å². The average Bonchev–Trinajstić information content (AvgIpc) is 2.08. The SMILES string of the molecule is Cc1ccc(N)c(/C(O)=C\N)c1. The number of nitrogen functional groups attached to an aromatic ring is 1. The van der Waals surface area contributed by atoms with Crippen molar-refractivity contribution < 1.29 is 5.11 Å². The van der Waals surface area contributed by atoms with Crippen LogP contribution >= 0.6 is 0 Å². The number of aliphatic hydroxyl groups is 1. The van der Waals surface area contributed by atoms with Gasteiger partial charge in [0.15, 0.2) is 0 Å². The predicted octanol–water partition coefficient (Wildman–Crippen LogP) is 1.39. The van der Waals surface area contributed by atoms with Crippen molar-refractivity contribution in [1.82, 2.24) is 0 Å². The standard InChI is InChI=1S/C9H12N2O/c1-6-2-3-8(11)7(4-6)9(12)5-10/h2-5,12H,10-11H2,1H3/b9-5+. The lowest BCUT2D eigenvalue weighted by Gasteiger charge is -2.04. The Bertz CT molecular complexity index is 318. The second kappa shape index (κ2) is 3.17. The zero-order valence-corrected chi connectivity index (χ0v) is 6.91. The topological polar surface area (TPSA) is 72.3 Å². The molecule has 1 rings (SSSR count). The van der Waals surface area contributed by atoms with E-state index in [0.717, 1.165) is 11.8 Å². The van der Waals surface area contributed by atoms with Crippen LogP contribution in [0.1, 0.15) is 11.1 Å². The molecule has 0 aliphatic rings. The van der Waals surface area contributed by atoms with Gasteiger partial charge in [-0.15, -0.1) is 0 Å². The van der Waals surface area contributed by atoms with Gasteiger partial charge in [0.05, 0.1) is 0 Å². The molecule has 0 spiro atoms. The van der Waals surface area contributed by atoms with Crippen LogP contribution in [-0.2, 0) is 0 Å². The molecule has 0 amide bonds. The quantitative estimate of drug-likeness (QED) is 0.434. The molecule has 0 saturated heterocycles. The van der Waals surface area contributed by atoms with Gasteiger partial charge in [-0.3, -0.25) is 0 Å². The number of rotatable bonds is 1. The van der Waals surface area contributed by atoms with Crippen LogP contribution in [0.5, 0.6) is 0 Å². The minimum Gasteiger partial charge on any atom is -0.506 e. The number of hydrogen-bond acceptors (Lipinski definition) is 3. The molecule has 0 atom stereocenters. The van der Waals surface area contributed by atoms with E-state index in [0.29, 0.717) is 11.3 Å². The summed E-state index contributed by atoms with van der Waals surface area (Å²) in [6.07, 6.45) is 1.13. The normalized spacial score (nSPS) is 11.6. The highest BCUT2D eigenvalue weighted by atomic mass is 16.3. The van der Waals surface area contributed by atoms with E-state index < -0.39 is 0 Å². The van der Waals surface area contributed by atoms with E-state index >= 15 is 0 Å². The summed E-state index contributed by atoms with van der Waals surface area (Å²) in [5.41, 5.74) is 12.9. The van der Waals surface area contributed by atoms with Gasteiger partial charge in [-0.25, -0.2) is 0 Å². The van der Waals surface area contributed by atoms with Crippen LogP contribution in [0.25, 0.3) is 5.76 Å². The first-order valence-corrected chi connectivity index (χ1v) is 3.62. The second-order valence-corrected chi connectivity index (χ2v) is 2.64. The number of benzene rings is 1. The summed E-state index contributed by atoms with van der Waals surface area (Å²) in [7, 11) is 0. The van der Waals surface area contributed by atoms with Gasteiger partial charge in [0.2, 0.25) is 0 Å². The van der Waals surface area contributed by atoms with Crippen LogP contribution in [0.3, 0.4) is 0 Å². The number of anilines is 1. The summed E-state index contributed by atoms with van der Waals surface area (Å²) in [5, 5.41) is 9.29. The lowest BCUT2D eigenvalue weighted by atomic mass is 10.1. The third kappa shape index (κ3) is 1.50. The molecule has 0 bridgehead atoms. The molecule has 0 fully saturated rings. The maximum atomic E-state index is 9.29. The van der Waals surface area contributed by atoms with Crippen LogP contribution in [0, 0.1) is 6.92 Å². The summed E-state index contributed by atoms with van der Waals surface area (Å²) in [6, 6.07) is 5.40. The van der Waals surface area contributed by atoms with Crippen molar-refractivity contribution in [3.8, 4) is 0 Å². The molecule has 0 saturated carbocycles. The molecule has 3 heteroatoms. The highest BCUT2D eigenvalue weighted by molar-refractivity contribution is 5.70. The molecule has 1 aromatic carbocycles. The van der Waals surface area contributed by atoms with Gasteiger partial charge >= 0.3 is 0 Å². The van der Waals surface area contributed by atoms with Crippen LogP contribution in [0.4, 0.5) is 5.69 Å². The van der Waals surface area contributed by atoms with Gasteiger partial charge in [0, 0.05) is 17.5 Å². The minimum absolute atomic E-state index is 0.0104. The molecule has 12 heavy (non-hydrogen) atoms. The molecule has 0 aromatic heterocycles. The highest BCUT2D eigenvalue weighted by Crippen LogP contribution is 2.19. The molecule has 0 radical (unpaired) electrons. The first-order chi connectivity index (χ1) is 5.65. The lowest BCUT2D eigenvalue weighted by Crippen LogP contribution is -1.95. The Morgan fingerprint density at radius 1 is 1.50 bits per heavy atom. The lowest BCUT2D eigenvalue weighted by molar-refractivity contribution is 0.510. The molecular weight excluding hydrogens is 152 g/mol. The Balaban J connectivity index is 3.23. The van der Waals surface area contributed by atoms with Crippen molar-refractivity contribution in [2.45, 2.75) is 6.92 Å². The molecule has 5 N–H and O–H groups in total. The fourth-order valence-corrected chi connectivity index (χ4v) is 0.982. The first kappa shape index (κ1) is 8.46. The monoisotopic (exact) mass is 164 g/mol. The van der Waals surface area contributed by atoms with Gasteiger partial charge in [-0.05, 0) is 19.1 Å². The van der Waals surface area contributed by atoms with Crippen LogP contribution in [-0.4, -0.2) is 5.11 Å². The zero-order valence-electron chi connectivity index (χ0n) is 6.91. The van der Waals surface area contributed by atoms with Gasteiger partial charge in [0.25, 0.3) is 0 Å². The molecule has 1 aromatic rings. The Kier molecular flexibility index (Phi) is 2.24. The Hall–Kier alpha value is -1.64. The van der Waals surface area contributed by atoms with E-state index in [9.17, 15) is 5.11 Å². The molecule has 0 heterocycles. The van der Waals surface area contributed by atoms with Gasteiger partial charge in [-0.1, -0.05) is 11.6 Å². The van der Waals surface area contributed by atoms with E-state index in [1.165, 1.54) is 0 Å². The average molecular weight is 164 g/mol. The molecule has 64 valence electrons. The Labute approximate surface area is 71.3 Å². The van der Waals surface area contributed by atoms with Crippen LogP contribution in [0.2, 0.25) is 0 Å². The zero-order chi connectivity index (χ0) is 9.14. The predicted molar refractivity (Wildman–Crippen MR) is 50.4 cm³/mol. The largest absolute Gasteiger partial charge is 0.506 e. The Morgan fingerprint density at radius 3 is 2.75 bits per heavy atom. The van der Waals surface area contributed by atoms with Crippen LogP contribution < -0.4 is 11.5 Å². The number of aliphatic hydroxyl groups excluding tert-OH is 1. The fraction of sp³-hybridized carbons (Fsp3) is 0.111. The van der Waals surface area contributed by atoms with Crippen molar-refractivity contribution in [2.75, 3.05) is 5.73 Å². The first-order valence-electron chi connectivity index (χ1n) is 3.62. The summed E-state index contributed by atoms with van der Waals surface area (Å²) in [5.74, 6) is 0.0104.